The number of hydrogen-bond acceptors (Lipinski definition) is 2. The van der Waals surface area contributed by atoms with Gasteiger partial charge in [0.15, 0.2) is 0 Å². The van der Waals surface area contributed by atoms with Crippen LogP contribution in [0.5, 0.6) is 0 Å². The van der Waals surface area contributed by atoms with Crippen LogP contribution in [0.3, 0.4) is 0 Å². The van der Waals surface area contributed by atoms with Gasteiger partial charge in [0.05, 0.1) is 22.5 Å². The predicted molar refractivity (Wildman–Crippen MR) is 62.6 cm³/mol. The van der Waals surface area contributed by atoms with Crippen molar-refractivity contribution in [2.75, 3.05) is 5.32 Å². The van der Waals surface area contributed by atoms with E-state index in [1.807, 2.05) is 0 Å². The summed E-state index contributed by atoms with van der Waals surface area (Å²) < 4.78 is 1.61. The van der Waals surface area contributed by atoms with E-state index in [2.05, 4.69) is 10.4 Å². The first kappa shape index (κ1) is 10.7. The topological polar surface area (TPSA) is 46.9 Å². The number of amides is 1. The van der Waals surface area contributed by atoms with Crippen molar-refractivity contribution in [2.24, 2.45) is 7.05 Å². The molecule has 1 heterocycles. The molecule has 4 nitrogen and oxygen atoms in total. The Hall–Kier alpha value is -1.81. The van der Waals surface area contributed by atoms with E-state index in [0.717, 1.165) is 0 Å². The first-order valence-corrected chi connectivity index (χ1v) is 5.09. The summed E-state index contributed by atoms with van der Waals surface area (Å²) in [6, 6.07) is 6.90. The lowest BCUT2D eigenvalue weighted by molar-refractivity contribution is 0.102. The van der Waals surface area contributed by atoms with E-state index in [9.17, 15) is 4.79 Å². The van der Waals surface area contributed by atoms with Crippen molar-refractivity contribution >= 4 is 23.2 Å². The highest BCUT2D eigenvalue weighted by Crippen LogP contribution is 2.16. The molecule has 1 N–H and O–H groups in total. The van der Waals surface area contributed by atoms with Crippen LogP contribution < -0.4 is 5.32 Å². The summed E-state index contributed by atoms with van der Waals surface area (Å²) in [4.78, 5) is 11.8. The van der Waals surface area contributed by atoms with Gasteiger partial charge in [-0.2, -0.15) is 5.10 Å². The highest BCUT2D eigenvalue weighted by Gasteiger charge is 2.10. The lowest BCUT2D eigenvalue weighted by Crippen LogP contribution is -2.11. The second kappa shape index (κ2) is 4.37. The summed E-state index contributed by atoms with van der Waals surface area (Å²) in [5.41, 5.74) is 1.10. The molecule has 1 aromatic carbocycles. The van der Waals surface area contributed by atoms with Crippen LogP contribution >= 0.6 is 11.6 Å². The number of halogens is 1. The molecule has 0 fully saturated rings. The lowest BCUT2D eigenvalue weighted by atomic mass is 10.2. The minimum Gasteiger partial charge on any atom is -0.319 e. The van der Waals surface area contributed by atoms with Crippen molar-refractivity contribution in [1.29, 1.82) is 0 Å². The molecule has 0 aliphatic carbocycles. The maximum absolute atomic E-state index is 11.8. The number of aromatic nitrogens is 2. The molecule has 0 saturated carbocycles. The Kier molecular flexibility index (Phi) is 2.92. The van der Waals surface area contributed by atoms with Gasteiger partial charge in [0.1, 0.15) is 0 Å². The van der Waals surface area contributed by atoms with Gasteiger partial charge in [0.25, 0.3) is 5.91 Å². The van der Waals surface area contributed by atoms with Crippen molar-refractivity contribution in [2.45, 2.75) is 0 Å². The molecule has 0 radical (unpaired) electrons. The van der Waals surface area contributed by atoms with Gasteiger partial charge in [-0.3, -0.25) is 9.48 Å². The van der Waals surface area contributed by atoms with E-state index < -0.39 is 0 Å². The average Bonchev–Trinajstić information content (AvgIpc) is 2.64. The van der Waals surface area contributed by atoms with Crippen LogP contribution in [0.1, 0.15) is 10.4 Å². The summed E-state index contributed by atoms with van der Waals surface area (Å²) in [6.07, 6.45) is 3.30. The van der Waals surface area contributed by atoms with Gasteiger partial charge < -0.3 is 5.32 Å². The van der Waals surface area contributed by atoms with Gasteiger partial charge in [-0.15, -0.1) is 0 Å². The van der Waals surface area contributed by atoms with E-state index in [0.29, 0.717) is 16.3 Å². The van der Waals surface area contributed by atoms with E-state index in [4.69, 9.17) is 11.6 Å². The molecule has 1 amide bonds. The van der Waals surface area contributed by atoms with Crippen LogP contribution in [0.2, 0.25) is 5.02 Å². The molecule has 0 bridgehead atoms. The average molecular weight is 236 g/mol. The van der Waals surface area contributed by atoms with E-state index in [1.54, 1.807) is 48.4 Å². The van der Waals surface area contributed by atoms with Gasteiger partial charge in [0, 0.05) is 13.2 Å². The van der Waals surface area contributed by atoms with E-state index in [1.165, 1.54) is 0 Å². The van der Waals surface area contributed by atoms with E-state index >= 15 is 0 Å². The number of nitrogens with one attached hydrogen (secondary N) is 1. The molecule has 2 aromatic rings. The van der Waals surface area contributed by atoms with Crippen LogP contribution in [-0.2, 0) is 7.05 Å². The minimum atomic E-state index is -0.237. The molecule has 5 heteroatoms. The third kappa shape index (κ3) is 2.23. The van der Waals surface area contributed by atoms with E-state index in [-0.39, 0.29) is 5.91 Å². The van der Waals surface area contributed by atoms with Crippen LogP contribution in [0.4, 0.5) is 5.69 Å². The monoisotopic (exact) mass is 235 g/mol. The molecule has 0 spiro atoms. The fraction of sp³-hybridized carbons (Fsp3) is 0.0909. The van der Waals surface area contributed by atoms with Crippen LogP contribution in [0.25, 0.3) is 0 Å². The Morgan fingerprint density at radius 2 is 2.19 bits per heavy atom. The number of nitrogens with zero attached hydrogens (tertiary/aromatic N) is 2. The highest BCUT2D eigenvalue weighted by atomic mass is 35.5. The predicted octanol–water partition coefficient (Wildman–Crippen LogP) is 2.33. The van der Waals surface area contributed by atoms with Gasteiger partial charge in [0.2, 0.25) is 0 Å². The van der Waals surface area contributed by atoms with Gasteiger partial charge in [-0.05, 0) is 12.1 Å². The zero-order valence-corrected chi connectivity index (χ0v) is 9.40. The second-order valence-corrected chi connectivity index (χ2v) is 3.74. The Labute approximate surface area is 97.8 Å². The SMILES string of the molecule is Cn1cc(NC(=O)c2ccccc2Cl)cn1. The number of benzene rings is 1. The Morgan fingerprint density at radius 1 is 1.44 bits per heavy atom. The van der Waals surface area contributed by atoms with Crippen LogP contribution in [0.15, 0.2) is 36.7 Å². The zero-order valence-electron chi connectivity index (χ0n) is 8.64. The molecule has 1 aromatic heterocycles. The first-order chi connectivity index (χ1) is 7.66. The molecular weight excluding hydrogens is 226 g/mol. The van der Waals surface area contributed by atoms with Crippen molar-refractivity contribution in [1.82, 2.24) is 9.78 Å². The van der Waals surface area contributed by atoms with Gasteiger partial charge >= 0.3 is 0 Å². The van der Waals surface area contributed by atoms with Crippen molar-refractivity contribution < 1.29 is 4.79 Å². The Morgan fingerprint density at radius 3 is 2.81 bits per heavy atom. The lowest BCUT2D eigenvalue weighted by Gasteiger charge is -2.03. The molecule has 0 unspecified atom stereocenters. The highest BCUT2D eigenvalue weighted by molar-refractivity contribution is 6.34. The number of hydrogen-bond donors (Lipinski definition) is 1. The fourth-order valence-corrected chi connectivity index (χ4v) is 1.55. The van der Waals surface area contributed by atoms with Crippen LogP contribution in [0, 0.1) is 0 Å². The summed E-state index contributed by atoms with van der Waals surface area (Å²) in [5, 5.41) is 7.10. The van der Waals surface area contributed by atoms with Crippen molar-refractivity contribution in [3.05, 3.63) is 47.2 Å². The molecule has 0 saturated heterocycles. The van der Waals surface area contributed by atoms with Crippen molar-refractivity contribution in [3.8, 4) is 0 Å². The number of aryl methyl sites for hydroxylation is 1. The third-order valence-corrected chi connectivity index (χ3v) is 2.41. The third-order valence-electron chi connectivity index (χ3n) is 2.08. The number of carbonyl (C=O) groups is 1. The Balaban J connectivity index is 2.18. The minimum absolute atomic E-state index is 0.237. The second-order valence-electron chi connectivity index (χ2n) is 3.34. The summed E-state index contributed by atoms with van der Waals surface area (Å²) >= 11 is 5.91. The number of carbonyl (C=O) groups excluding carboxylic acids is 1. The molecule has 16 heavy (non-hydrogen) atoms. The quantitative estimate of drug-likeness (QED) is 0.869. The van der Waals surface area contributed by atoms with Gasteiger partial charge in [-0.25, -0.2) is 0 Å². The maximum Gasteiger partial charge on any atom is 0.257 e. The largest absolute Gasteiger partial charge is 0.319 e. The fourth-order valence-electron chi connectivity index (χ4n) is 1.33. The summed E-state index contributed by atoms with van der Waals surface area (Å²) in [5.74, 6) is -0.237. The normalized spacial score (nSPS) is 10.1. The molecule has 0 aliphatic heterocycles. The smallest absolute Gasteiger partial charge is 0.257 e. The summed E-state index contributed by atoms with van der Waals surface area (Å²) in [7, 11) is 1.78. The van der Waals surface area contributed by atoms with Crippen molar-refractivity contribution in [3.63, 3.8) is 0 Å². The molecular formula is C11H10ClN3O. The standard InChI is InChI=1S/C11H10ClN3O/c1-15-7-8(6-13-15)14-11(16)9-4-2-3-5-10(9)12/h2-7H,1H3,(H,14,16). The zero-order chi connectivity index (χ0) is 11.5. The Bertz CT molecular complexity index is 521. The number of anilines is 1. The van der Waals surface area contributed by atoms with Gasteiger partial charge in [-0.1, -0.05) is 23.7 Å². The van der Waals surface area contributed by atoms with Crippen LogP contribution in [-0.4, -0.2) is 15.7 Å². The maximum atomic E-state index is 11.8. The molecule has 2 rings (SSSR count). The summed E-state index contributed by atoms with van der Waals surface area (Å²) in [6.45, 7) is 0. The first-order valence-electron chi connectivity index (χ1n) is 4.71. The molecule has 0 aliphatic rings. The molecule has 0 atom stereocenters. The number of rotatable bonds is 2. The molecule has 82 valence electrons.